The predicted molar refractivity (Wildman–Crippen MR) is 50.0 cm³/mol. The molecule has 76 valence electrons. The van der Waals surface area contributed by atoms with Crippen LogP contribution in [0.2, 0.25) is 0 Å². The lowest BCUT2D eigenvalue weighted by molar-refractivity contribution is -0.130. The van der Waals surface area contributed by atoms with Crippen molar-refractivity contribution in [2.45, 2.75) is 13.3 Å². The minimum absolute atomic E-state index is 0.116. The molecule has 0 aromatic carbocycles. The first-order chi connectivity index (χ1) is 6.19. The lowest BCUT2D eigenvalue weighted by Gasteiger charge is -2.15. The Morgan fingerprint density at radius 3 is 2.77 bits per heavy atom. The van der Waals surface area contributed by atoms with Crippen molar-refractivity contribution in [3.05, 3.63) is 0 Å². The van der Waals surface area contributed by atoms with Crippen LogP contribution in [0.1, 0.15) is 13.3 Å². The van der Waals surface area contributed by atoms with E-state index in [4.69, 9.17) is 10.8 Å². The maximum atomic E-state index is 11.4. The fraction of sp³-hybridized carbons (Fsp3) is 0.889. The number of carbonyl (C=O) groups is 1. The number of nitrogens with zero attached hydrogens (tertiary/aromatic N) is 1. The third-order valence-electron chi connectivity index (χ3n) is 2.71. The molecule has 1 fully saturated rings. The summed E-state index contributed by atoms with van der Waals surface area (Å²) < 4.78 is 0. The molecule has 4 heteroatoms. The molecule has 0 spiro atoms. The molecule has 1 rings (SSSR count). The van der Waals surface area contributed by atoms with Crippen molar-refractivity contribution in [1.29, 1.82) is 0 Å². The van der Waals surface area contributed by atoms with E-state index in [1.165, 1.54) is 0 Å². The average Bonchev–Trinajstić information content (AvgIpc) is 2.47. The standard InChI is InChI=1S/C9H18N2O2/c1-7-4-11(5-8(7)6-12)9(13)2-3-10/h7-8,12H,2-6,10H2,1H3/t7-,8+/m1/s1. The third kappa shape index (κ3) is 2.42. The highest BCUT2D eigenvalue weighted by Crippen LogP contribution is 2.22. The van der Waals surface area contributed by atoms with Gasteiger partial charge in [-0.25, -0.2) is 0 Å². The molecule has 0 bridgehead atoms. The summed E-state index contributed by atoms with van der Waals surface area (Å²) in [6.07, 6.45) is 0.421. The van der Waals surface area contributed by atoms with Crippen LogP contribution in [0.4, 0.5) is 0 Å². The molecule has 2 atom stereocenters. The van der Waals surface area contributed by atoms with Crippen LogP contribution in [0.25, 0.3) is 0 Å². The van der Waals surface area contributed by atoms with E-state index in [0.29, 0.717) is 25.4 Å². The van der Waals surface area contributed by atoms with Gasteiger partial charge in [-0.3, -0.25) is 4.79 Å². The van der Waals surface area contributed by atoms with Gasteiger partial charge in [0, 0.05) is 38.6 Å². The summed E-state index contributed by atoms with van der Waals surface area (Å²) in [6.45, 7) is 4.11. The number of amides is 1. The summed E-state index contributed by atoms with van der Waals surface area (Å²) in [6, 6.07) is 0. The SMILES string of the molecule is C[C@@H]1CN(C(=O)CCN)C[C@H]1CO. The molecule has 1 aliphatic heterocycles. The normalized spacial score (nSPS) is 28.1. The van der Waals surface area contributed by atoms with Crippen molar-refractivity contribution in [2.24, 2.45) is 17.6 Å². The summed E-state index contributed by atoms with van der Waals surface area (Å²) in [5.41, 5.74) is 5.30. The van der Waals surface area contributed by atoms with Gasteiger partial charge in [0.1, 0.15) is 0 Å². The van der Waals surface area contributed by atoms with Crippen LogP contribution in [-0.4, -0.2) is 42.2 Å². The summed E-state index contributed by atoms with van der Waals surface area (Å²) in [7, 11) is 0. The van der Waals surface area contributed by atoms with E-state index in [1.807, 2.05) is 0 Å². The second-order valence-electron chi connectivity index (χ2n) is 3.76. The van der Waals surface area contributed by atoms with Gasteiger partial charge in [-0.05, 0) is 5.92 Å². The largest absolute Gasteiger partial charge is 0.396 e. The number of aliphatic hydroxyl groups is 1. The van der Waals surface area contributed by atoms with Gasteiger partial charge >= 0.3 is 0 Å². The summed E-state index contributed by atoms with van der Waals surface area (Å²) >= 11 is 0. The van der Waals surface area contributed by atoms with Gasteiger partial charge in [0.2, 0.25) is 5.91 Å². The Morgan fingerprint density at radius 1 is 1.62 bits per heavy atom. The zero-order valence-electron chi connectivity index (χ0n) is 8.07. The number of likely N-dealkylation sites (tertiary alicyclic amines) is 1. The monoisotopic (exact) mass is 186 g/mol. The molecular formula is C9H18N2O2. The van der Waals surface area contributed by atoms with E-state index in [2.05, 4.69) is 6.92 Å². The van der Waals surface area contributed by atoms with Crippen LogP contribution >= 0.6 is 0 Å². The quantitative estimate of drug-likeness (QED) is 0.620. The van der Waals surface area contributed by atoms with Crippen molar-refractivity contribution >= 4 is 5.91 Å². The van der Waals surface area contributed by atoms with E-state index >= 15 is 0 Å². The van der Waals surface area contributed by atoms with E-state index in [0.717, 1.165) is 6.54 Å². The topological polar surface area (TPSA) is 66.6 Å². The molecule has 0 radical (unpaired) electrons. The first-order valence-corrected chi connectivity index (χ1v) is 4.77. The highest BCUT2D eigenvalue weighted by molar-refractivity contribution is 5.76. The van der Waals surface area contributed by atoms with Crippen LogP contribution in [0.5, 0.6) is 0 Å². The van der Waals surface area contributed by atoms with Gasteiger partial charge in [-0.1, -0.05) is 6.92 Å². The van der Waals surface area contributed by atoms with Gasteiger partial charge in [0.15, 0.2) is 0 Å². The van der Waals surface area contributed by atoms with Crippen molar-refractivity contribution in [2.75, 3.05) is 26.2 Å². The Kier molecular flexibility index (Phi) is 3.69. The molecule has 0 aliphatic carbocycles. The molecule has 0 saturated carbocycles. The Balaban J connectivity index is 2.43. The smallest absolute Gasteiger partial charge is 0.223 e. The van der Waals surface area contributed by atoms with E-state index in [-0.39, 0.29) is 18.4 Å². The summed E-state index contributed by atoms with van der Waals surface area (Å²) in [5, 5.41) is 9.00. The van der Waals surface area contributed by atoms with E-state index in [9.17, 15) is 4.79 Å². The lowest BCUT2D eigenvalue weighted by atomic mass is 10.00. The van der Waals surface area contributed by atoms with Crippen LogP contribution in [0.15, 0.2) is 0 Å². The van der Waals surface area contributed by atoms with Crippen LogP contribution in [0.3, 0.4) is 0 Å². The third-order valence-corrected chi connectivity index (χ3v) is 2.71. The minimum Gasteiger partial charge on any atom is -0.396 e. The molecule has 0 aromatic heterocycles. The van der Waals surface area contributed by atoms with Crippen molar-refractivity contribution in [1.82, 2.24) is 4.90 Å². The molecule has 4 nitrogen and oxygen atoms in total. The van der Waals surface area contributed by atoms with E-state index < -0.39 is 0 Å². The van der Waals surface area contributed by atoms with Crippen LogP contribution < -0.4 is 5.73 Å². The molecule has 0 aromatic rings. The number of carbonyl (C=O) groups excluding carboxylic acids is 1. The molecule has 1 aliphatic rings. The zero-order chi connectivity index (χ0) is 9.84. The van der Waals surface area contributed by atoms with Crippen LogP contribution in [0, 0.1) is 11.8 Å². The van der Waals surface area contributed by atoms with Gasteiger partial charge in [0.25, 0.3) is 0 Å². The fourth-order valence-corrected chi connectivity index (χ4v) is 1.76. The molecule has 1 saturated heterocycles. The number of hydrogen-bond donors (Lipinski definition) is 2. The fourth-order valence-electron chi connectivity index (χ4n) is 1.76. The Labute approximate surface area is 78.7 Å². The van der Waals surface area contributed by atoms with Crippen LogP contribution in [-0.2, 0) is 4.79 Å². The second kappa shape index (κ2) is 4.58. The summed E-state index contributed by atoms with van der Waals surface area (Å²) in [4.78, 5) is 13.2. The van der Waals surface area contributed by atoms with Crippen molar-refractivity contribution < 1.29 is 9.90 Å². The highest BCUT2D eigenvalue weighted by atomic mass is 16.3. The zero-order valence-corrected chi connectivity index (χ0v) is 8.07. The van der Waals surface area contributed by atoms with Gasteiger partial charge in [0.05, 0.1) is 0 Å². The molecule has 13 heavy (non-hydrogen) atoms. The molecule has 1 heterocycles. The molecule has 3 N–H and O–H groups in total. The minimum atomic E-state index is 0.116. The first kappa shape index (κ1) is 10.5. The Bertz CT molecular complexity index is 184. The van der Waals surface area contributed by atoms with Gasteiger partial charge < -0.3 is 15.7 Å². The maximum absolute atomic E-state index is 11.4. The average molecular weight is 186 g/mol. The van der Waals surface area contributed by atoms with E-state index in [1.54, 1.807) is 4.90 Å². The highest BCUT2D eigenvalue weighted by Gasteiger charge is 2.31. The van der Waals surface area contributed by atoms with Gasteiger partial charge in [-0.2, -0.15) is 0 Å². The number of hydrogen-bond acceptors (Lipinski definition) is 3. The molecular weight excluding hydrogens is 168 g/mol. The first-order valence-electron chi connectivity index (χ1n) is 4.77. The lowest BCUT2D eigenvalue weighted by Crippen LogP contribution is -2.30. The maximum Gasteiger partial charge on any atom is 0.223 e. The Morgan fingerprint density at radius 2 is 2.31 bits per heavy atom. The van der Waals surface area contributed by atoms with Crippen molar-refractivity contribution in [3.63, 3.8) is 0 Å². The second-order valence-corrected chi connectivity index (χ2v) is 3.76. The van der Waals surface area contributed by atoms with Crippen molar-refractivity contribution in [3.8, 4) is 0 Å². The Hall–Kier alpha value is -0.610. The molecule has 0 unspecified atom stereocenters. The predicted octanol–water partition coefficient (Wildman–Crippen LogP) is -0.578. The number of rotatable bonds is 3. The summed E-state index contributed by atoms with van der Waals surface area (Å²) in [5.74, 6) is 0.777. The van der Waals surface area contributed by atoms with Gasteiger partial charge in [-0.15, -0.1) is 0 Å². The molecule has 1 amide bonds. The number of nitrogens with two attached hydrogens (primary N) is 1. The number of aliphatic hydroxyl groups excluding tert-OH is 1.